The summed E-state index contributed by atoms with van der Waals surface area (Å²) in [4.78, 5) is 22.0. The molecule has 1 aromatic carbocycles. The van der Waals surface area contributed by atoms with Gasteiger partial charge in [-0.15, -0.1) is 0 Å². The summed E-state index contributed by atoms with van der Waals surface area (Å²) in [5.41, 5.74) is 1.47. The first kappa shape index (κ1) is 21.1. The van der Waals surface area contributed by atoms with E-state index in [0.29, 0.717) is 12.6 Å². The van der Waals surface area contributed by atoms with Gasteiger partial charge in [0.2, 0.25) is 5.91 Å². The molecule has 0 spiro atoms. The Morgan fingerprint density at radius 3 is 2.73 bits per heavy atom. The number of hydrogen-bond acceptors (Lipinski definition) is 6. The molecule has 0 aliphatic carbocycles. The Morgan fingerprint density at radius 1 is 1.23 bits per heavy atom. The molecule has 2 aliphatic rings. The molecule has 2 aliphatic heterocycles. The third-order valence-electron chi connectivity index (χ3n) is 6.53. The number of fused-ring (bicyclic) bond motifs is 1. The number of likely N-dealkylation sites (tertiary alicyclic amines) is 1. The van der Waals surface area contributed by atoms with Crippen LogP contribution < -0.4 is 10.2 Å². The van der Waals surface area contributed by atoms with Crippen molar-refractivity contribution in [2.45, 2.75) is 45.6 Å². The normalized spacial score (nSPS) is 21.8. The minimum absolute atomic E-state index is 0.0447. The standard InChI is InChI=1S/C23H34N4O3/c1-23(2,16-28)15-24-21(29)17-6-5-11-27(14-17)18-9-12-26(13-10-18)22-25-19-7-3-4-8-20(19)30-22/h3-4,7-8,17-18,28H,5-6,9-16H2,1-2H3,(H,24,29)/t17-/m0/s1. The van der Waals surface area contributed by atoms with Crippen LogP contribution in [0.25, 0.3) is 11.1 Å². The van der Waals surface area contributed by atoms with Crippen LogP contribution in [-0.2, 0) is 4.79 Å². The Kier molecular flexibility index (Phi) is 6.29. The fourth-order valence-electron chi connectivity index (χ4n) is 4.50. The van der Waals surface area contributed by atoms with Crippen molar-refractivity contribution in [2.75, 3.05) is 44.2 Å². The van der Waals surface area contributed by atoms with Crippen molar-refractivity contribution in [2.24, 2.45) is 11.3 Å². The zero-order valence-corrected chi connectivity index (χ0v) is 18.1. The number of carbonyl (C=O) groups is 1. The van der Waals surface area contributed by atoms with E-state index < -0.39 is 0 Å². The molecule has 2 fully saturated rings. The zero-order valence-electron chi connectivity index (χ0n) is 18.1. The van der Waals surface area contributed by atoms with Crippen LogP contribution >= 0.6 is 0 Å². The second-order valence-corrected chi connectivity index (χ2v) is 9.56. The Morgan fingerprint density at radius 2 is 2.00 bits per heavy atom. The zero-order chi connectivity index (χ0) is 21.1. The van der Waals surface area contributed by atoms with Gasteiger partial charge >= 0.3 is 0 Å². The number of para-hydroxylation sites is 2. The first-order valence-electron chi connectivity index (χ1n) is 11.2. The molecule has 30 heavy (non-hydrogen) atoms. The summed E-state index contributed by atoms with van der Waals surface area (Å²) in [6, 6.07) is 9.12. The number of piperidine rings is 2. The average molecular weight is 415 g/mol. The molecule has 0 radical (unpaired) electrons. The van der Waals surface area contributed by atoms with E-state index in [2.05, 4.69) is 20.1 Å². The number of aliphatic hydroxyl groups excluding tert-OH is 1. The second kappa shape index (κ2) is 8.94. The van der Waals surface area contributed by atoms with Gasteiger partial charge < -0.3 is 19.7 Å². The van der Waals surface area contributed by atoms with Gasteiger partial charge in [0.05, 0.1) is 5.92 Å². The molecule has 0 saturated carbocycles. The van der Waals surface area contributed by atoms with Crippen molar-refractivity contribution >= 4 is 23.0 Å². The van der Waals surface area contributed by atoms with E-state index in [-0.39, 0.29) is 23.8 Å². The minimum atomic E-state index is -0.276. The third kappa shape index (κ3) is 4.78. The fraction of sp³-hybridized carbons (Fsp3) is 0.652. The van der Waals surface area contributed by atoms with E-state index >= 15 is 0 Å². The van der Waals surface area contributed by atoms with Gasteiger partial charge in [0.25, 0.3) is 6.01 Å². The summed E-state index contributed by atoms with van der Waals surface area (Å²) >= 11 is 0. The summed E-state index contributed by atoms with van der Waals surface area (Å²) in [6.45, 7) is 8.27. The minimum Gasteiger partial charge on any atom is -0.423 e. The van der Waals surface area contributed by atoms with E-state index in [9.17, 15) is 9.90 Å². The third-order valence-corrected chi connectivity index (χ3v) is 6.53. The highest BCUT2D eigenvalue weighted by Crippen LogP contribution is 2.28. The number of aliphatic hydroxyl groups is 1. The molecule has 3 heterocycles. The molecular formula is C23H34N4O3. The summed E-state index contributed by atoms with van der Waals surface area (Å²) < 4.78 is 5.93. The number of hydrogen-bond donors (Lipinski definition) is 2. The lowest BCUT2D eigenvalue weighted by Gasteiger charge is -2.41. The Bertz CT molecular complexity index is 824. The number of anilines is 1. The molecule has 0 bridgehead atoms. The van der Waals surface area contributed by atoms with Gasteiger partial charge in [0.15, 0.2) is 5.58 Å². The van der Waals surface area contributed by atoms with Gasteiger partial charge in [-0.1, -0.05) is 26.0 Å². The first-order valence-corrected chi connectivity index (χ1v) is 11.2. The van der Waals surface area contributed by atoms with Crippen LogP contribution in [0.3, 0.4) is 0 Å². The average Bonchev–Trinajstić information content (AvgIpc) is 3.22. The Hall–Kier alpha value is -2.12. The van der Waals surface area contributed by atoms with Crippen molar-refractivity contribution in [3.8, 4) is 0 Å². The van der Waals surface area contributed by atoms with Crippen LogP contribution in [-0.4, -0.2) is 66.3 Å². The Labute approximate surface area is 178 Å². The number of nitrogens with one attached hydrogen (secondary N) is 1. The van der Waals surface area contributed by atoms with Crippen molar-refractivity contribution in [3.63, 3.8) is 0 Å². The van der Waals surface area contributed by atoms with Crippen molar-refractivity contribution in [1.29, 1.82) is 0 Å². The van der Waals surface area contributed by atoms with Gasteiger partial charge in [-0.2, -0.15) is 4.98 Å². The van der Waals surface area contributed by atoms with Crippen molar-refractivity contribution in [3.05, 3.63) is 24.3 Å². The van der Waals surface area contributed by atoms with Crippen LogP contribution in [0.4, 0.5) is 6.01 Å². The van der Waals surface area contributed by atoms with Gasteiger partial charge in [-0.25, -0.2) is 0 Å². The number of oxazole rings is 1. The lowest BCUT2D eigenvalue weighted by atomic mass is 9.91. The lowest BCUT2D eigenvalue weighted by molar-refractivity contribution is -0.127. The predicted molar refractivity (Wildman–Crippen MR) is 117 cm³/mol. The van der Waals surface area contributed by atoms with Crippen LogP contribution in [0.2, 0.25) is 0 Å². The topological polar surface area (TPSA) is 81.8 Å². The number of nitrogens with zero attached hydrogens (tertiary/aromatic N) is 3. The number of aromatic nitrogens is 1. The Balaban J connectivity index is 1.29. The number of rotatable bonds is 6. The molecule has 2 N–H and O–H groups in total. The van der Waals surface area contributed by atoms with Crippen LogP contribution in [0, 0.1) is 11.3 Å². The predicted octanol–water partition coefficient (Wildman–Crippen LogP) is 2.64. The smallest absolute Gasteiger partial charge is 0.298 e. The van der Waals surface area contributed by atoms with E-state index in [1.54, 1.807) is 0 Å². The molecule has 0 unspecified atom stereocenters. The first-order chi connectivity index (χ1) is 14.4. The molecule has 1 atom stereocenters. The summed E-state index contributed by atoms with van der Waals surface area (Å²) in [5, 5.41) is 12.5. The van der Waals surface area contributed by atoms with Crippen molar-refractivity contribution in [1.82, 2.24) is 15.2 Å². The quantitative estimate of drug-likeness (QED) is 0.756. The molecule has 7 nitrogen and oxygen atoms in total. The maximum atomic E-state index is 12.7. The molecule has 2 aromatic rings. The highest BCUT2D eigenvalue weighted by atomic mass is 16.4. The maximum absolute atomic E-state index is 12.7. The highest BCUT2D eigenvalue weighted by Gasteiger charge is 2.33. The van der Waals surface area contributed by atoms with Crippen molar-refractivity contribution < 1.29 is 14.3 Å². The molecule has 2 saturated heterocycles. The van der Waals surface area contributed by atoms with Gasteiger partial charge in [0.1, 0.15) is 5.52 Å². The number of carbonyl (C=O) groups excluding carboxylic acids is 1. The van der Waals surface area contributed by atoms with E-state index in [4.69, 9.17) is 4.42 Å². The van der Waals surface area contributed by atoms with E-state index in [1.807, 2.05) is 38.1 Å². The largest absolute Gasteiger partial charge is 0.423 e. The monoisotopic (exact) mass is 414 g/mol. The molecular weight excluding hydrogens is 380 g/mol. The van der Waals surface area contributed by atoms with Gasteiger partial charge in [-0.3, -0.25) is 9.69 Å². The molecule has 7 heteroatoms. The second-order valence-electron chi connectivity index (χ2n) is 9.56. The highest BCUT2D eigenvalue weighted by molar-refractivity contribution is 5.79. The van der Waals surface area contributed by atoms with E-state index in [0.717, 1.165) is 69.0 Å². The maximum Gasteiger partial charge on any atom is 0.298 e. The van der Waals surface area contributed by atoms with Crippen LogP contribution in [0.5, 0.6) is 0 Å². The van der Waals surface area contributed by atoms with E-state index in [1.165, 1.54) is 0 Å². The van der Waals surface area contributed by atoms with Gasteiger partial charge in [-0.05, 0) is 44.4 Å². The number of amides is 1. The molecule has 1 amide bonds. The summed E-state index contributed by atoms with van der Waals surface area (Å²) in [5.74, 6) is 0.174. The molecule has 4 rings (SSSR count). The van der Waals surface area contributed by atoms with Crippen LogP contribution in [0.15, 0.2) is 28.7 Å². The van der Waals surface area contributed by atoms with Gasteiger partial charge in [0, 0.05) is 44.2 Å². The molecule has 1 aromatic heterocycles. The summed E-state index contributed by atoms with van der Waals surface area (Å²) in [7, 11) is 0. The molecule has 164 valence electrons. The summed E-state index contributed by atoms with van der Waals surface area (Å²) in [6.07, 6.45) is 4.13. The number of benzene rings is 1. The van der Waals surface area contributed by atoms with Crippen LogP contribution in [0.1, 0.15) is 39.5 Å². The fourth-order valence-corrected chi connectivity index (χ4v) is 4.50. The SMILES string of the molecule is CC(C)(CO)CNC(=O)[C@H]1CCCN(C2CCN(c3nc4ccccc4o3)CC2)C1. The lowest BCUT2D eigenvalue weighted by Crippen LogP contribution is -2.51.